The normalized spacial score (nSPS) is 11.7. The van der Waals surface area contributed by atoms with Gasteiger partial charge >= 0.3 is 0 Å². The number of nitrogens with two attached hydrogens (primary N) is 4. The van der Waals surface area contributed by atoms with Crippen molar-refractivity contribution < 1.29 is 46.8 Å². The minimum absolute atomic E-state index is 0. The average molecular weight is 730 g/mol. The Hall–Kier alpha value is -1.00. The van der Waals surface area contributed by atoms with E-state index in [1.165, 1.54) is 116 Å². The van der Waals surface area contributed by atoms with Gasteiger partial charge in [0.2, 0.25) is 11.8 Å². The van der Waals surface area contributed by atoms with Crippen LogP contribution in [0.15, 0.2) is 4.99 Å². The number of rotatable bonds is 32. The van der Waals surface area contributed by atoms with E-state index in [9.17, 15) is 9.59 Å². The van der Waals surface area contributed by atoms with Gasteiger partial charge < -0.3 is 70.4 Å². The van der Waals surface area contributed by atoms with E-state index in [0.717, 1.165) is 38.8 Å². The lowest BCUT2D eigenvalue weighted by Crippen LogP contribution is -3.00. The SMILES string of the molecule is CCCCCCCCCCCCCCN(CCCCCCCCCCCC)C(=O)C(N)CNC(=O)C(N)CCCN=C(N)N.[Cl-].[Cl-].[Cl-]. The van der Waals surface area contributed by atoms with Gasteiger partial charge in [-0.25, -0.2) is 0 Å². The van der Waals surface area contributed by atoms with E-state index in [2.05, 4.69) is 24.2 Å². The maximum atomic E-state index is 13.3. The summed E-state index contributed by atoms with van der Waals surface area (Å²) in [6.45, 7) is 6.51. The van der Waals surface area contributed by atoms with E-state index in [-0.39, 0.29) is 61.5 Å². The van der Waals surface area contributed by atoms with Crippen LogP contribution < -0.4 is 65.5 Å². The molecule has 0 heterocycles. The first kappa shape index (κ1) is 52.8. The number of carbonyl (C=O) groups excluding carboxylic acids is 2. The zero-order chi connectivity index (χ0) is 32.7. The molecule has 2 atom stereocenters. The van der Waals surface area contributed by atoms with Crippen molar-refractivity contribution in [1.29, 1.82) is 0 Å². The molecule has 0 aromatic heterocycles. The molecule has 0 rings (SSSR count). The number of nitrogens with one attached hydrogen (secondary N) is 1. The van der Waals surface area contributed by atoms with Crippen molar-refractivity contribution in [3.8, 4) is 0 Å². The van der Waals surface area contributed by atoms with Crippen molar-refractivity contribution in [2.24, 2.45) is 27.9 Å². The fraction of sp³-hybridized carbons (Fsp3) is 0.914. The topological polar surface area (TPSA) is 166 Å². The largest absolute Gasteiger partial charge is 1.00 e. The third kappa shape index (κ3) is 34.7. The molecule has 0 aromatic rings. The third-order valence-corrected chi connectivity index (χ3v) is 8.49. The van der Waals surface area contributed by atoms with Crippen LogP contribution in [-0.4, -0.2) is 60.9 Å². The van der Waals surface area contributed by atoms with Gasteiger partial charge in [0.05, 0.1) is 6.04 Å². The quantitative estimate of drug-likeness (QED) is 0.0287. The fourth-order valence-electron chi connectivity index (χ4n) is 5.58. The maximum absolute atomic E-state index is 13.3. The Morgan fingerprint density at radius 2 is 0.936 bits per heavy atom. The molecule has 0 aromatic carbocycles. The Morgan fingerprint density at radius 1 is 0.574 bits per heavy atom. The molecule has 2 amide bonds. The zero-order valence-corrected chi connectivity index (χ0v) is 32.4. The Kier molecular flexibility index (Phi) is 44.3. The molecule has 0 bridgehead atoms. The number of halogens is 3. The van der Waals surface area contributed by atoms with Gasteiger partial charge in [-0.2, -0.15) is 0 Å². The molecule has 284 valence electrons. The minimum Gasteiger partial charge on any atom is -1.00 e. The number of aliphatic imine (C=N–C) groups is 1. The molecule has 0 saturated carbocycles. The number of nitrogens with zero attached hydrogens (tertiary/aromatic N) is 2. The first-order valence-corrected chi connectivity index (χ1v) is 18.5. The van der Waals surface area contributed by atoms with Gasteiger partial charge in [-0.15, -0.1) is 0 Å². The molecule has 0 fully saturated rings. The summed E-state index contributed by atoms with van der Waals surface area (Å²) < 4.78 is 0. The summed E-state index contributed by atoms with van der Waals surface area (Å²) in [5.74, 6) is -0.357. The predicted octanol–water partition coefficient (Wildman–Crippen LogP) is -2.73. The summed E-state index contributed by atoms with van der Waals surface area (Å²) >= 11 is 0. The second-order valence-corrected chi connectivity index (χ2v) is 12.8. The molecular weight excluding hydrogens is 657 g/mol. The number of amides is 2. The molecule has 12 heteroatoms. The van der Waals surface area contributed by atoms with Crippen molar-refractivity contribution in [2.75, 3.05) is 26.2 Å². The molecule has 0 aliphatic heterocycles. The number of unbranched alkanes of at least 4 members (excludes halogenated alkanes) is 20. The number of hydrogen-bond donors (Lipinski definition) is 5. The molecular formula is C35H73Cl3N7O2-3. The van der Waals surface area contributed by atoms with Crippen molar-refractivity contribution in [3.63, 3.8) is 0 Å². The number of guanidine groups is 1. The lowest BCUT2D eigenvalue weighted by molar-refractivity contribution is -0.133. The first-order valence-electron chi connectivity index (χ1n) is 18.5. The van der Waals surface area contributed by atoms with Gasteiger partial charge in [0, 0.05) is 26.2 Å². The molecule has 0 aliphatic rings. The number of hydrogen-bond acceptors (Lipinski definition) is 5. The van der Waals surface area contributed by atoms with Crippen LogP contribution in [0.3, 0.4) is 0 Å². The standard InChI is InChI=1S/C35H73N7O2.3ClH/c1-3-5-7-9-11-13-15-16-18-20-22-24-29-42(28-23-21-19-17-14-12-10-8-6-4-2)34(44)32(37)30-41-33(43)31(36)26-25-27-40-35(38)39;;;/h31-32H,3-30,36-37H2,1-2H3,(H,41,43)(H4,38,39,40);3*1H/p-3. The van der Waals surface area contributed by atoms with Crippen LogP contribution in [0.4, 0.5) is 0 Å². The van der Waals surface area contributed by atoms with Crippen LogP contribution in [0.25, 0.3) is 0 Å². The highest BCUT2D eigenvalue weighted by Crippen LogP contribution is 2.14. The smallest absolute Gasteiger partial charge is 0.241 e. The molecule has 0 saturated heterocycles. The van der Waals surface area contributed by atoms with E-state index in [4.69, 9.17) is 22.9 Å². The zero-order valence-electron chi connectivity index (χ0n) is 30.1. The molecule has 47 heavy (non-hydrogen) atoms. The summed E-state index contributed by atoms with van der Waals surface area (Å²) in [4.78, 5) is 31.6. The van der Waals surface area contributed by atoms with Crippen molar-refractivity contribution in [2.45, 2.75) is 180 Å². The Bertz CT molecular complexity index is 717. The van der Waals surface area contributed by atoms with E-state index in [1.807, 2.05) is 4.90 Å². The Labute approximate surface area is 307 Å². The Balaban J connectivity index is -0.00000308. The lowest BCUT2D eigenvalue weighted by atomic mass is 10.0. The van der Waals surface area contributed by atoms with Gasteiger partial charge in [0.1, 0.15) is 6.04 Å². The van der Waals surface area contributed by atoms with Crippen molar-refractivity contribution >= 4 is 17.8 Å². The van der Waals surface area contributed by atoms with Crippen LogP contribution in [0, 0.1) is 0 Å². The third-order valence-electron chi connectivity index (χ3n) is 8.49. The highest BCUT2D eigenvalue weighted by Gasteiger charge is 2.22. The Morgan fingerprint density at radius 3 is 1.30 bits per heavy atom. The predicted molar refractivity (Wildman–Crippen MR) is 188 cm³/mol. The van der Waals surface area contributed by atoms with E-state index >= 15 is 0 Å². The summed E-state index contributed by atoms with van der Waals surface area (Å²) in [7, 11) is 0. The van der Waals surface area contributed by atoms with E-state index < -0.39 is 12.1 Å². The monoisotopic (exact) mass is 728 g/mol. The second kappa shape index (κ2) is 39.4. The van der Waals surface area contributed by atoms with Gasteiger partial charge in [-0.1, -0.05) is 142 Å². The van der Waals surface area contributed by atoms with Gasteiger partial charge in [0.15, 0.2) is 5.96 Å². The van der Waals surface area contributed by atoms with Crippen LogP contribution >= 0.6 is 0 Å². The lowest BCUT2D eigenvalue weighted by Gasteiger charge is -2.26. The van der Waals surface area contributed by atoms with Crippen molar-refractivity contribution in [3.05, 3.63) is 0 Å². The summed E-state index contributed by atoms with van der Waals surface area (Å²) in [6.07, 6.45) is 29.2. The van der Waals surface area contributed by atoms with Crippen LogP contribution in [0.5, 0.6) is 0 Å². The van der Waals surface area contributed by atoms with Crippen LogP contribution in [-0.2, 0) is 9.59 Å². The van der Waals surface area contributed by atoms with Gasteiger partial charge in [-0.3, -0.25) is 14.6 Å². The summed E-state index contributed by atoms with van der Waals surface area (Å²) in [5, 5.41) is 2.77. The highest BCUT2D eigenvalue weighted by molar-refractivity contribution is 5.85. The van der Waals surface area contributed by atoms with Crippen LogP contribution in [0.1, 0.15) is 168 Å². The first-order chi connectivity index (χ1) is 21.3. The second-order valence-electron chi connectivity index (χ2n) is 12.8. The molecule has 9 N–H and O–H groups in total. The van der Waals surface area contributed by atoms with Crippen molar-refractivity contribution in [1.82, 2.24) is 10.2 Å². The molecule has 2 unspecified atom stereocenters. The van der Waals surface area contributed by atoms with E-state index in [1.54, 1.807) is 0 Å². The fourth-order valence-corrected chi connectivity index (χ4v) is 5.58. The van der Waals surface area contributed by atoms with Gasteiger partial charge in [0.25, 0.3) is 0 Å². The molecule has 0 spiro atoms. The maximum Gasteiger partial charge on any atom is 0.241 e. The number of carbonyl (C=O) groups is 2. The summed E-state index contributed by atoms with van der Waals surface area (Å²) in [6, 6.07) is -1.46. The highest BCUT2D eigenvalue weighted by atomic mass is 35.5. The van der Waals surface area contributed by atoms with Gasteiger partial charge in [-0.05, 0) is 25.7 Å². The molecule has 9 nitrogen and oxygen atoms in total. The summed E-state index contributed by atoms with van der Waals surface area (Å²) in [5.41, 5.74) is 22.9. The molecule has 0 radical (unpaired) electrons. The minimum atomic E-state index is -0.770. The molecule has 0 aliphatic carbocycles. The average Bonchev–Trinajstić information content (AvgIpc) is 3.01. The van der Waals surface area contributed by atoms with Crippen LogP contribution in [0.2, 0.25) is 0 Å². The van der Waals surface area contributed by atoms with E-state index in [0.29, 0.717) is 19.4 Å².